The van der Waals surface area contributed by atoms with Gasteiger partial charge in [0.05, 0.1) is 6.54 Å². The fourth-order valence-electron chi connectivity index (χ4n) is 4.22. The molecule has 0 atom stereocenters. The van der Waals surface area contributed by atoms with E-state index < -0.39 is 5.60 Å². The second-order valence-corrected chi connectivity index (χ2v) is 10.6. The Balaban J connectivity index is 0.00000385. The summed E-state index contributed by atoms with van der Waals surface area (Å²) in [5.41, 5.74) is -0.465. The SMILES string of the molecule is CN=C(NCc1nccn1CC(C)C)N1CCC(N(CC2CC2)C(=O)OC(C)(C)C)CC1.I. The summed E-state index contributed by atoms with van der Waals surface area (Å²) < 4.78 is 7.93. The van der Waals surface area contributed by atoms with Crippen LogP contribution in [0.4, 0.5) is 4.79 Å². The minimum Gasteiger partial charge on any atom is -0.444 e. The van der Waals surface area contributed by atoms with Crippen LogP contribution in [0.1, 0.15) is 66.1 Å². The van der Waals surface area contributed by atoms with Crippen molar-refractivity contribution >= 4 is 36.0 Å². The predicted molar refractivity (Wildman–Crippen MR) is 143 cm³/mol. The lowest BCUT2D eigenvalue weighted by molar-refractivity contribution is 0.00928. The van der Waals surface area contributed by atoms with Crippen molar-refractivity contribution in [3.63, 3.8) is 0 Å². The van der Waals surface area contributed by atoms with Gasteiger partial charge in [0, 0.05) is 51.7 Å². The molecule has 1 saturated heterocycles. The van der Waals surface area contributed by atoms with Crippen LogP contribution >= 0.6 is 24.0 Å². The number of hydrogen-bond acceptors (Lipinski definition) is 4. The van der Waals surface area contributed by atoms with Gasteiger partial charge in [0.25, 0.3) is 0 Å². The molecule has 1 saturated carbocycles. The van der Waals surface area contributed by atoms with E-state index >= 15 is 0 Å². The average Bonchev–Trinajstić information content (AvgIpc) is 3.44. The Morgan fingerprint density at radius 1 is 1.27 bits per heavy atom. The van der Waals surface area contributed by atoms with Gasteiger partial charge in [-0.1, -0.05) is 13.8 Å². The molecule has 8 nitrogen and oxygen atoms in total. The zero-order chi connectivity index (χ0) is 23.3. The number of imidazole rings is 1. The largest absolute Gasteiger partial charge is 0.444 e. The Bertz CT molecular complexity index is 776. The van der Waals surface area contributed by atoms with Crippen LogP contribution in [-0.2, 0) is 17.8 Å². The predicted octanol–water partition coefficient (Wildman–Crippen LogP) is 4.34. The molecule has 1 amide bonds. The van der Waals surface area contributed by atoms with Gasteiger partial charge in [0.1, 0.15) is 11.4 Å². The van der Waals surface area contributed by atoms with Crippen LogP contribution in [0.2, 0.25) is 0 Å². The van der Waals surface area contributed by atoms with Crippen molar-refractivity contribution in [2.24, 2.45) is 16.8 Å². The highest BCUT2D eigenvalue weighted by Crippen LogP contribution is 2.32. The molecule has 9 heteroatoms. The first-order valence-electron chi connectivity index (χ1n) is 12.1. The summed E-state index contributed by atoms with van der Waals surface area (Å²) in [4.78, 5) is 26.2. The number of halogens is 1. The Hall–Kier alpha value is -1.52. The van der Waals surface area contributed by atoms with E-state index in [1.165, 1.54) is 12.8 Å². The van der Waals surface area contributed by atoms with E-state index in [1.807, 2.05) is 45.1 Å². The molecule has 0 radical (unpaired) electrons. The van der Waals surface area contributed by atoms with Crippen LogP contribution in [0.3, 0.4) is 0 Å². The van der Waals surface area contributed by atoms with Gasteiger partial charge >= 0.3 is 6.09 Å². The Morgan fingerprint density at radius 2 is 1.94 bits per heavy atom. The van der Waals surface area contributed by atoms with Crippen molar-refractivity contribution in [3.8, 4) is 0 Å². The van der Waals surface area contributed by atoms with Crippen molar-refractivity contribution in [2.75, 3.05) is 26.7 Å². The van der Waals surface area contributed by atoms with Gasteiger partial charge in [0.2, 0.25) is 0 Å². The van der Waals surface area contributed by atoms with Gasteiger partial charge in [-0.2, -0.15) is 0 Å². The first-order chi connectivity index (χ1) is 15.2. The average molecular weight is 575 g/mol. The highest BCUT2D eigenvalue weighted by molar-refractivity contribution is 14.0. The van der Waals surface area contributed by atoms with Crippen LogP contribution in [0.25, 0.3) is 0 Å². The first-order valence-corrected chi connectivity index (χ1v) is 12.1. The molecular formula is C24H43IN6O2. The molecule has 1 aliphatic carbocycles. The Morgan fingerprint density at radius 3 is 2.48 bits per heavy atom. The smallest absolute Gasteiger partial charge is 0.410 e. The first kappa shape index (κ1) is 27.7. The second kappa shape index (κ2) is 12.3. The highest BCUT2D eigenvalue weighted by atomic mass is 127. The van der Waals surface area contributed by atoms with Gasteiger partial charge in [0.15, 0.2) is 5.96 Å². The molecular weight excluding hydrogens is 531 g/mol. The standard InChI is InChI=1S/C24H42N6O2.HI/c1-18(2)16-29-14-11-26-21(29)15-27-22(25-6)28-12-9-20(10-13-28)30(17-19-7-8-19)23(31)32-24(3,4)5;/h11,14,18-20H,7-10,12-13,15-17H2,1-6H3,(H,25,27);1H. The number of piperidine rings is 1. The molecule has 0 aromatic carbocycles. The van der Waals surface area contributed by atoms with Crippen molar-refractivity contribution < 1.29 is 9.53 Å². The van der Waals surface area contributed by atoms with Crippen LogP contribution < -0.4 is 5.32 Å². The molecule has 1 N–H and O–H groups in total. The van der Waals surface area contributed by atoms with E-state index in [1.54, 1.807) is 0 Å². The summed E-state index contributed by atoms with van der Waals surface area (Å²) in [6, 6.07) is 0.227. The van der Waals surface area contributed by atoms with E-state index in [0.717, 1.165) is 50.8 Å². The number of nitrogens with one attached hydrogen (secondary N) is 1. The summed E-state index contributed by atoms with van der Waals surface area (Å²) >= 11 is 0. The van der Waals surface area contributed by atoms with Crippen LogP contribution in [-0.4, -0.2) is 69.7 Å². The van der Waals surface area contributed by atoms with E-state index in [2.05, 4.69) is 38.6 Å². The van der Waals surface area contributed by atoms with E-state index in [9.17, 15) is 4.79 Å². The van der Waals surface area contributed by atoms with Gasteiger partial charge in [-0.25, -0.2) is 9.78 Å². The number of rotatable bonds is 7. The van der Waals surface area contributed by atoms with Crippen molar-refractivity contribution in [1.29, 1.82) is 0 Å². The summed E-state index contributed by atoms with van der Waals surface area (Å²) in [5, 5.41) is 3.48. The third kappa shape index (κ3) is 8.64. The molecule has 1 aromatic rings. The number of aliphatic imine (C=N–C) groups is 1. The second-order valence-electron chi connectivity index (χ2n) is 10.6. The Labute approximate surface area is 216 Å². The number of amides is 1. The van der Waals surface area contributed by atoms with Crippen LogP contribution in [0.15, 0.2) is 17.4 Å². The molecule has 3 rings (SSSR count). The molecule has 0 bridgehead atoms. The summed E-state index contributed by atoms with van der Waals surface area (Å²) in [6.07, 6.45) is 8.03. The maximum absolute atomic E-state index is 12.9. The summed E-state index contributed by atoms with van der Waals surface area (Å²) in [5.74, 6) is 3.14. The zero-order valence-electron chi connectivity index (χ0n) is 21.2. The quantitative estimate of drug-likeness (QED) is 0.298. The van der Waals surface area contributed by atoms with Gasteiger partial charge in [-0.15, -0.1) is 24.0 Å². The molecule has 2 aliphatic rings. The lowest BCUT2D eigenvalue weighted by atomic mass is 10.0. The molecule has 0 unspecified atom stereocenters. The number of guanidine groups is 1. The van der Waals surface area contributed by atoms with E-state index in [0.29, 0.717) is 18.4 Å². The Kier molecular flexibility index (Phi) is 10.3. The number of nitrogens with zero attached hydrogens (tertiary/aromatic N) is 5. The molecule has 188 valence electrons. The van der Waals surface area contributed by atoms with Gasteiger partial charge in [-0.3, -0.25) is 4.99 Å². The minimum absolute atomic E-state index is 0. The van der Waals surface area contributed by atoms with Crippen molar-refractivity contribution in [1.82, 2.24) is 24.7 Å². The number of carbonyl (C=O) groups excluding carboxylic acids is 1. The molecule has 1 aliphatic heterocycles. The van der Waals surface area contributed by atoms with Crippen LogP contribution in [0.5, 0.6) is 0 Å². The third-order valence-corrected chi connectivity index (χ3v) is 5.96. The maximum atomic E-state index is 12.9. The topological polar surface area (TPSA) is 75.0 Å². The van der Waals surface area contributed by atoms with Gasteiger partial charge < -0.3 is 24.4 Å². The van der Waals surface area contributed by atoms with Crippen molar-refractivity contribution in [3.05, 3.63) is 18.2 Å². The van der Waals surface area contributed by atoms with E-state index in [4.69, 9.17) is 4.74 Å². The number of aromatic nitrogens is 2. The minimum atomic E-state index is -0.465. The normalized spacial score (nSPS) is 17.7. The number of ether oxygens (including phenoxy) is 1. The molecule has 0 spiro atoms. The third-order valence-electron chi connectivity index (χ3n) is 5.96. The van der Waals surface area contributed by atoms with Crippen LogP contribution in [0, 0.1) is 11.8 Å². The molecule has 2 fully saturated rings. The van der Waals surface area contributed by atoms with Gasteiger partial charge in [-0.05, 0) is 58.3 Å². The fraction of sp³-hybridized carbons (Fsp3) is 0.792. The summed E-state index contributed by atoms with van der Waals surface area (Å²) in [7, 11) is 1.83. The lowest BCUT2D eigenvalue weighted by Gasteiger charge is -2.40. The fourth-order valence-corrected chi connectivity index (χ4v) is 4.22. The maximum Gasteiger partial charge on any atom is 0.410 e. The highest BCUT2D eigenvalue weighted by Gasteiger charge is 2.35. The molecule has 1 aromatic heterocycles. The lowest BCUT2D eigenvalue weighted by Crippen LogP contribution is -2.52. The molecule has 33 heavy (non-hydrogen) atoms. The van der Waals surface area contributed by atoms with Crippen molar-refractivity contribution in [2.45, 2.75) is 85.0 Å². The monoisotopic (exact) mass is 574 g/mol. The number of likely N-dealkylation sites (tertiary alicyclic amines) is 1. The van der Waals surface area contributed by atoms with E-state index in [-0.39, 0.29) is 36.1 Å². The number of hydrogen-bond donors (Lipinski definition) is 1. The zero-order valence-corrected chi connectivity index (χ0v) is 23.5. The summed E-state index contributed by atoms with van der Waals surface area (Å²) in [6.45, 7) is 14.4. The molecule has 2 heterocycles. The number of carbonyl (C=O) groups is 1.